The van der Waals surface area contributed by atoms with E-state index >= 15 is 0 Å². The molecule has 0 N–H and O–H groups in total. The minimum absolute atomic E-state index is 0.00994. The summed E-state index contributed by atoms with van der Waals surface area (Å²) in [6.45, 7) is 3.47. The molecule has 0 heterocycles. The van der Waals surface area contributed by atoms with E-state index < -0.39 is 23.6 Å². The number of esters is 1. The first-order valence-corrected chi connectivity index (χ1v) is 15.4. The molecule has 8 nitrogen and oxygen atoms in total. The molecular formula is C29H32NO7PS. The fraction of sp³-hybridized carbons (Fsp3) is 0.241. The van der Waals surface area contributed by atoms with E-state index in [1.807, 2.05) is 6.07 Å². The normalized spacial score (nSPS) is 11.4. The first-order valence-electron chi connectivity index (χ1n) is 12.2. The van der Waals surface area contributed by atoms with Gasteiger partial charge in [0, 0.05) is 19.8 Å². The van der Waals surface area contributed by atoms with Gasteiger partial charge in [0.05, 0.1) is 22.9 Å². The van der Waals surface area contributed by atoms with Gasteiger partial charge in [-0.2, -0.15) is 0 Å². The van der Waals surface area contributed by atoms with Crippen molar-refractivity contribution in [1.29, 1.82) is 0 Å². The van der Waals surface area contributed by atoms with Crippen molar-refractivity contribution in [2.45, 2.75) is 25.2 Å². The molecule has 10 heteroatoms. The highest BCUT2D eigenvalue weighted by atomic mass is 32.2. The van der Waals surface area contributed by atoms with Crippen molar-refractivity contribution >= 4 is 34.8 Å². The fourth-order valence-electron chi connectivity index (χ4n) is 3.85. The van der Waals surface area contributed by atoms with Gasteiger partial charge in [-0.05, 0) is 49.6 Å². The minimum Gasteiger partial charge on any atom is -0.461 e. The van der Waals surface area contributed by atoms with Gasteiger partial charge in [0.1, 0.15) is 0 Å². The zero-order valence-electron chi connectivity index (χ0n) is 22.4. The molecular weight excluding hydrogens is 537 g/mol. The van der Waals surface area contributed by atoms with Gasteiger partial charge in [0.25, 0.3) is 0 Å². The summed E-state index contributed by atoms with van der Waals surface area (Å²) >= 11 is 0. The second-order valence-corrected chi connectivity index (χ2v) is 12.5. The number of para-hydroxylation sites is 1. The number of carbonyl (C=O) groups excluding carboxylic acids is 1. The Kier molecular flexibility index (Phi) is 10.5. The molecule has 3 aromatic rings. The van der Waals surface area contributed by atoms with Gasteiger partial charge in [-0.1, -0.05) is 72.5 Å². The Morgan fingerprint density at radius 3 is 2.03 bits per heavy atom. The topological polar surface area (TPSA) is 99.2 Å². The van der Waals surface area contributed by atoms with Crippen LogP contribution in [-0.4, -0.2) is 41.0 Å². The van der Waals surface area contributed by atoms with Gasteiger partial charge >= 0.3 is 13.7 Å². The molecule has 0 spiro atoms. The Morgan fingerprint density at radius 2 is 1.46 bits per heavy atom. The molecule has 39 heavy (non-hydrogen) atoms. The van der Waals surface area contributed by atoms with Crippen LogP contribution in [0.1, 0.15) is 24.5 Å². The average molecular weight is 570 g/mol. The van der Waals surface area contributed by atoms with Gasteiger partial charge in [-0.3, -0.25) is 9.05 Å². The fourth-order valence-corrected chi connectivity index (χ4v) is 6.47. The highest BCUT2D eigenvalue weighted by Gasteiger charge is 2.39. The number of aryl methyl sites for hydroxylation is 1. The molecule has 0 radical (unpaired) electrons. The largest absolute Gasteiger partial charge is 0.461 e. The first kappa shape index (κ1) is 30.1. The van der Waals surface area contributed by atoms with Crippen molar-refractivity contribution in [3.8, 4) is 0 Å². The van der Waals surface area contributed by atoms with Crippen molar-refractivity contribution in [3.05, 3.63) is 107 Å². The van der Waals surface area contributed by atoms with Crippen molar-refractivity contribution in [3.63, 3.8) is 0 Å². The third-order valence-electron chi connectivity index (χ3n) is 5.85. The van der Waals surface area contributed by atoms with E-state index in [0.29, 0.717) is 22.4 Å². The third kappa shape index (κ3) is 7.35. The van der Waals surface area contributed by atoms with E-state index in [9.17, 15) is 17.8 Å². The summed E-state index contributed by atoms with van der Waals surface area (Å²) in [4.78, 5) is 13.6. The van der Waals surface area contributed by atoms with Crippen molar-refractivity contribution in [1.82, 2.24) is 0 Å². The summed E-state index contributed by atoms with van der Waals surface area (Å²) in [7, 11) is -5.34. The Balaban J connectivity index is 2.32. The number of nitrogens with zero attached hydrogens (tertiary/aromatic N) is 1. The van der Waals surface area contributed by atoms with Crippen molar-refractivity contribution in [2.24, 2.45) is 0 Å². The number of ether oxygens (including phenoxy) is 1. The molecule has 0 saturated carbocycles. The number of benzene rings is 3. The summed E-state index contributed by atoms with van der Waals surface area (Å²) < 4.78 is 57.2. The molecule has 3 rings (SSSR count). The molecule has 206 valence electrons. The summed E-state index contributed by atoms with van der Waals surface area (Å²) in [6.07, 6.45) is 0.00994. The van der Waals surface area contributed by atoms with Crippen LogP contribution in [-0.2, 0) is 33.0 Å². The van der Waals surface area contributed by atoms with E-state index in [0.717, 1.165) is 4.67 Å². The number of anilines is 1. The molecule has 0 bridgehead atoms. The second kappa shape index (κ2) is 13.6. The lowest BCUT2D eigenvalue weighted by Gasteiger charge is -2.31. The lowest BCUT2D eigenvalue weighted by atomic mass is 10.0. The van der Waals surface area contributed by atoms with Crippen LogP contribution in [0, 0.1) is 6.92 Å². The van der Waals surface area contributed by atoms with Crippen molar-refractivity contribution in [2.75, 3.05) is 31.2 Å². The van der Waals surface area contributed by atoms with Crippen LogP contribution in [0.15, 0.2) is 101 Å². The van der Waals surface area contributed by atoms with Gasteiger partial charge in [-0.25, -0.2) is 22.4 Å². The molecule has 0 amide bonds. The quantitative estimate of drug-likeness (QED) is 0.110. The smallest absolute Gasteiger partial charge is 0.439 e. The summed E-state index contributed by atoms with van der Waals surface area (Å²) in [5.41, 5.74) is 4.92. The summed E-state index contributed by atoms with van der Waals surface area (Å²) in [6, 6.07) is 24.1. The summed E-state index contributed by atoms with van der Waals surface area (Å²) in [5.74, 6) is -1.07. The number of hydrogen-bond acceptors (Lipinski definition) is 7. The SMILES string of the molecule is CCOC(=O)C(=C=C(CCS(=O)(=O)c1ccccc1)c1ccccc1)N(c1ccccc1C)P(=O)(OC)OC. The number of carbonyl (C=O) groups is 1. The predicted molar refractivity (Wildman–Crippen MR) is 152 cm³/mol. The van der Waals surface area contributed by atoms with Gasteiger partial charge in [0.2, 0.25) is 0 Å². The Bertz CT molecular complexity index is 1490. The van der Waals surface area contributed by atoms with Crippen molar-refractivity contribution < 1.29 is 31.6 Å². The molecule has 0 aromatic heterocycles. The number of hydrogen-bond donors (Lipinski definition) is 0. The maximum absolute atomic E-state index is 13.9. The maximum Gasteiger partial charge on any atom is 0.439 e. The van der Waals surface area contributed by atoms with Crippen LogP contribution in [0.5, 0.6) is 0 Å². The zero-order valence-corrected chi connectivity index (χ0v) is 24.1. The van der Waals surface area contributed by atoms with Crippen LogP contribution in [0.4, 0.5) is 5.69 Å². The highest BCUT2D eigenvalue weighted by molar-refractivity contribution is 7.91. The lowest BCUT2D eigenvalue weighted by molar-refractivity contribution is -0.138. The predicted octanol–water partition coefficient (Wildman–Crippen LogP) is 6.20. The van der Waals surface area contributed by atoms with Gasteiger partial charge in [-0.15, -0.1) is 0 Å². The molecule has 0 aliphatic heterocycles. The minimum atomic E-state index is -4.12. The van der Waals surface area contributed by atoms with Crippen LogP contribution >= 0.6 is 7.75 Å². The van der Waals surface area contributed by atoms with E-state index in [-0.39, 0.29) is 29.4 Å². The van der Waals surface area contributed by atoms with Crippen LogP contribution in [0.25, 0.3) is 5.57 Å². The van der Waals surface area contributed by atoms with E-state index in [4.69, 9.17) is 13.8 Å². The molecule has 0 fully saturated rings. The van der Waals surface area contributed by atoms with E-state index in [2.05, 4.69) is 5.73 Å². The molecule has 0 unspecified atom stereocenters. The third-order valence-corrected chi connectivity index (χ3v) is 9.41. The zero-order chi connectivity index (χ0) is 28.5. The van der Waals surface area contributed by atoms with Crippen LogP contribution in [0.2, 0.25) is 0 Å². The Labute approximate surface area is 230 Å². The summed E-state index contributed by atoms with van der Waals surface area (Å²) in [5, 5.41) is 0. The van der Waals surface area contributed by atoms with E-state index in [1.54, 1.807) is 80.6 Å². The van der Waals surface area contributed by atoms with Crippen LogP contribution < -0.4 is 4.67 Å². The lowest BCUT2D eigenvalue weighted by Crippen LogP contribution is -2.28. The van der Waals surface area contributed by atoms with Gasteiger partial charge in [0.15, 0.2) is 15.5 Å². The standard InChI is InChI=1S/C29H32NO7PS/c1-5-37-29(31)28(30(38(32,35-3)36-4)27-19-13-12-14-23(27)2)22-25(24-15-8-6-9-16-24)20-21-39(33,34)26-17-10-7-11-18-26/h6-19H,5,20-21H2,1-4H3. The van der Waals surface area contributed by atoms with Crippen LogP contribution in [0.3, 0.4) is 0 Å². The molecule has 0 aliphatic carbocycles. The van der Waals surface area contributed by atoms with Gasteiger partial charge < -0.3 is 4.74 Å². The Morgan fingerprint density at radius 1 is 0.897 bits per heavy atom. The van der Waals surface area contributed by atoms with E-state index in [1.165, 1.54) is 26.4 Å². The monoisotopic (exact) mass is 569 g/mol. The molecule has 0 saturated heterocycles. The number of rotatable bonds is 12. The maximum atomic E-state index is 13.9. The molecule has 3 aromatic carbocycles. The highest BCUT2D eigenvalue weighted by Crippen LogP contribution is 2.55. The first-order chi connectivity index (χ1) is 18.7. The average Bonchev–Trinajstić information content (AvgIpc) is 2.96. The Hall–Kier alpha value is -3.45. The molecule has 0 aliphatic rings. The number of sulfone groups is 1. The second-order valence-electron chi connectivity index (χ2n) is 8.35. The molecule has 0 atom stereocenters.